The molecular formula is C19H38N2. The molecule has 2 saturated heterocycles. The third kappa shape index (κ3) is 5.56. The van der Waals surface area contributed by atoms with Crippen molar-refractivity contribution in [3.05, 3.63) is 0 Å². The van der Waals surface area contributed by atoms with E-state index in [1.54, 1.807) is 0 Å². The lowest BCUT2D eigenvalue weighted by Gasteiger charge is -2.36. The van der Waals surface area contributed by atoms with Crippen LogP contribution in [0.3, 0.4) is 0 Å². The van der Waals surface area contributed by atoms with Crippen molar-refractivity contribution in [2.45, 2.75) is 59.8 Å². The van der Waals surface area contributed by atoms with E-state index >= 15 is 0 Å². The van der Waals surface area contributed by atoms with Crippen LogP contribution in [0.5, 0.6) is 0 Å². The van der Waals surface area contributed by atoms with Gasteiger partial charge in [0.05, 0.1) is 0 Å². The molecule has 0 saturated carbocycles. The Bertz CT molecular complexity index is 243. The predicted molar refractivity (Wildman–Crippen MR) is 92.6 cm³/mol. The smallest absolute Gasteiger partial charge is 0.000654 e. The monoisotopic (exact) mass is 294 g/mol. The molecule has 0 N–H and O–H groups in total. The highest BCUT2D eigenvalue weighted by molar-refractivity contribution is 4.76. The first-order chi connectivity index (χ1) is 10.1. The van der Waals surface area contributed by atoms with E-state index in [1.807, 2.05) is 0 Å². The molecule has 0 aromatic rings. The average Bonchev–Trinajstić information content (AvgIpc) is 2.48. The van der Waals surface area contributed by atoms with E-state index in [0.29, 0.717) is 0 Å². The number of likely N-dealkylation sites (tertiary alicyclic amines) is 2. The highest BCUT2D eigenvalue weighted by atomic mass is 15.2. The molecule has 2 aliphatic rings. The van der Waals surface area contributed by atoms with Crippen LogP contribution in [0.2, 0.25) is 0 Å². The quantitative estimate of drug-likeness (QED) is 0.727. The fourth-order valence-corrected chi connectivity index (χ4v) is 4.20. The van der Waals surface area contributed by atoms with Crippen LogP contribution in [0, 0.1) is 23.7 Å². The third-order valence-electron chi connectivity index (χ3n) is 6.10. The van der Waals surface area contributed by atoms with E-state index in [-0.39, 0.29) is 0 Å². The Labute approximate surface area is 133 Å². The van der Waals surface area contributed by atoms with Crippen LogP contribution < -0.4 is 0 Å². The van der Waals surface area contributed by atoms with Gasteiger partial charge in [0, 0.05) is 0 Å². The normalized spacial score (nSPS) is 24.3. The Morgan fingerprint density at radius 1 is 0.667 bits per heavy atom. The summed E-state index contributed by atoms with van der Waals surface area (Å²) in [4.78, 5) is 5.42. The zero-order valence-electron chi connectivity index (χ0n) is 15.0. The molecule has 2 aliphatic heterocycles. The van der Waals surface area contributed by atoms with Gasteiger partial charge in [-0.05, 0) is 95.0 Å². The largest absolute Gasteiger partial charge is 0.303 e. The topological polar surface area (TPSA) is 6.48 Å². The Kier molecular flexibility index (Phi) is 7.01. The minimum atomic E-state index is 0.884. The first-order valence-electron chi connectivity index (χ1n) is 9.51. The molecule has 0 bridgehead atoms. The standard InChI is InChI=1S/C19H38N2/c1-16(2)18-6-12-20(13-7-18)10-5-11-21-14-8-19(9-15-21)17(3)4/h16-19H,5-15H2,1-4H3. The zero-order valence-corrected chi connectivity index (χ0v) is 15.0. The molecule has 0 aromatic carbocycles. The molecule has 2 rings (SSSR count). The van der Waals surface area contributed by atoms with Gasteiger partial charge in [-0.2, -0.15) is 0 Å². The lowest BCUT2D eigenvalue weighted by Crippen LogP contribution is -2.39. The minimum Gasteiger partial charge on any atom is -0.303 e. The molecular weight excluding hydrogens is 256 g/mol. The van der Waals surface area contributed by atoms with Crippen LogP contribution in [0.1, 0.15) is 59.8 Å². The molecule has 2 nitrogen and oxygen atoms in total. The van der Waals surface area contributed by atoms with Crippen molar-refractivity contribution in [3.63, 3.8) is 0 Å². The van der Waals surface area contributed by atoms with Gasteiger partial charge in [0.15, 0.2) is 0 Å². The molecule has 2 fully saturated rings. The number of hydrogen-bond acceptors (Lipinski definition) is 2. The van der Waals surface area contributed by atoms with Crippen molar-refractivity contribution in [2.75, 3.05) is 39.3 Å². The van der Waals surface area contributed by atoms with Crippen molar-refractivity contribution < 1.29 is 0 Å². The van der Waals surface area contributed by atoms with Gasteiger partial charge in [-0.3, -0.25) is 0 Å². The minimum absolute atomic E-state index is 0.884. The summed E-state index contributed by atoms with van der Waals surface area (Å²) in [7, 11) is 0. The van der Waals surface area contributed by atoms with Crippen molar-refractivity contribution in [1.29, 1.82) is 0 Å². The number of piperidine rings is 2. The molecule has 0 spiro atoms. The van der Waals surface area contributed by atoms with Crippen LogP contribution in [-0.4, -0.2) is 49.1 Å². The fraction of sp³-hybridized carbons (Fsp3) is 1.00. The summed E-state index contributed by atoms with van der Waals surface area (Å²) in [6.07, 6.45) is 7.09. The molecule has 0 radical (unpaired) electrons. The second-order valence-corrected chi connectivity index (χ2v) is 8.20. The van der Waals surface area contributed by atoms with E-state index in [4.69, 9.17) is 0 Å². The summed E-state index contributed by atoms with van der Waals surface area (Å²) >= 11 is 0. The van der Waals surface area contributed by atoms with Gasteiger partial charge in [0.2, 0.25) is 0 Å². The summed E-state index contributed by atoms with van der Waals surface area (Å²) in [5.41, 5.74) is 0. The lowest BCUT2D eigenvalue weighted by molar-refractivity contribution is 0.131. The van der Waals surface area contributed by atoms with E-state index < -0.39 is 0 Å². The molecule has 0 aromatic heterocycles. The van der Waals surface area contributed by atoms with Gasteiger partial charge < -0.3 is 9.80 Å². The molecule has 124 valence electrons. The maximum absolute atomic E-state index is 2.71. The van der Waals surface area contributed by atoms with Gasteiger partial charge in [0.25, 0.3) is 0 Å². The summed E-state index contributed by atoms with van der Waals surface area (Å²) in [5.74, 6) is 3.73. The Balaban J connectivity index is 1.55. The highest BCUT2D eigenvalue weighted by Crippen LogP contribution is 2.25. The summed E-state index contributed by atoms with van der Waals surface area (Å²) in [6, 6.07) is 0. The number of nitrogens with zero attached hydrogens (tertiary/aromatic N) is 2. The van der Waals surface area contributed by atoms with Gasteiger partial charge in [0.1, 0.15) is 0 Å². The number of rotatable bonds is 6. The number of hydrogen-bond donors (Lipinski definition) is 0. The van der Waals surface area contributed by atoms with Gasteiger partial charge >= 0.3 is 0 Å². The second kappa shape index (κ2) is 8.53. The maximum Gasteiger partial charge on any atom is -0.000654 e. The van der Waals surface area contributed by atoms with Crippen LogP contribution in [0.25, 0.3) is 0 Å². The van der Waals surface area contributed by atoms with E-state index in [2.05, 4.69) is 37.5 Å². The van der Waals surface area contributed by atoms with Crippen LogP contribution in [0.4, 0.5) is 0 Å². The molecule has 2 heteroatoms. The zero-order chi connectivity index (χ0) is 15.2. The van der Waals surface area contributed by atoms with Crippen LogP contribution >= 0.6 is 0 Å². The lowest BCUT2D eigenvalue weighted by atomic mass is 9.86. The van der Waals surface area contributed by atoms with Gasteiger partial charge in [-0.25, -0.2) is 0 Å². The van der Waals surface area contributed by atoms with Crippen LogP contribution in [0.15, 0.2) is 0 Å². The molecule has 0 atom stereocenters. The highest BCUT2D eigenvalue weighted by Gasteiger charge is 2.23. The Morgan fingerprint density at radius 3 is 1.29 bits per heavy atom. The first-order valence-corrected chi connectivity index (χ1v) is 9.51. The van der Waals surface area contributed by atoms with E-state index in [0.717, 1.165) is 23.7 Å². The summed E-state index contributed by atoms with van der Waals surface area (Å²) in [5, 5.41) is 0. The Hall–Kier alpha value is -0.0800. The van der Waals surface area contributed by atoms with Crippen molar-refractivity contribution >= 4 is 0 Å². The summed E-state index contributed by atoms with van der Waals surface area (Å²) < 4.78 is 0. The Morgan fingerprint density at radius 2 is 1.00 bits per heavy atom. The van der Waals surface area contributed by atoms with Crippen LogP contribution in [-0.2, 0) is 0 Å². The fourth-order valence-electron chi connectivity index (χ4n) is 4.20. The molecule has 0 aliphatic carbocycles. The summed E-state index contributed by atoms with van der Waals surface area (Å²) in [6.45, 7) is 17.6. The van der Waals surface area contributed by atoms with Crippen molar-refractivity contribution in [3.8, 4) is 0 Å². The molecule has 2 heterocycles. The average molecular weight is 295 g/mol. The SMILES string of the molecule is CC(C)C1CCN(CCCN2CCC(C(C)C)CC2)CC1. The van der Waals surface area contributed by atoms with Gasteiger partial charge in [-0.15, -0.1) is 0 Å². The van der Waals surface area contributed by atoms with E-state index in [9.17, 15) is 0 Å². The molecule has 0 unspecified atom stereocenters. The van der Waals surface area contributed by atoms with E-state index in [1.165, 1.54) is 71.4 Å². The van der Waals surface area contributed by atoms with Crippen molar-refractivity contribution in [1.82, 2.24) is 9.80 Å². The second-order valence-electron chi connectivity index (χ2n) is 8.20. The first kappa shape index (κ1) is 17.3. The van der Waals surface area contributed by atoms with Gasteiger partial charge in [-0.1, -0.05) is 27.7 Å². The molecule has 21 heavy (non-hydrogen) atoms. The third-order valence-corrected chi connectivity index (χ3v) is 6.10. The maximum atomic E-state index is 2.71. The van der Waals surface area contributed by atoms with Crippen molar-refractivity contribution in [2.24, 2.45) is 23.7 Å². The molecule has 0 amide bonds. The predicted octanol–water partition coefficient (Wildman–Crippen LogP) is 4.11.